The second kappa shape index (κ2) is 5.62. The molecular weight excluding hydrogens is 260 g/mol. The molecule has 1 heterocycles. The molecule has 0 spiro atoms. The van der Waals surface area contributed by atoms with Crippen molar-refractivity contribution in [1.82, 2.24) is 9.97 Å². The monoisotopic (exact) mass is 274 g/mol. The van der Waals surface area contributed by atoms with Crippen LogP contribution in [0.4, 0.5) is 11.5 Å². The second-order valence-electron chi connectivity index (χ2n) is 3.96. The molecule has 3 N–H and O–H groups in total. The molecule has 1 aromatic heterocycles. The van der Waals surface area contributed by atoms with Gasteiger partial charge in [-0.2, -0.15) is 0 Å². The quantitative estimate of drug-likeness (QED) is 0.832. The van der Waals surface area contributed by atoms with Crippen molar-refractivity contribution in [2.24, 2.45) is 5.73 Å². The first-order valence-electron chi connectivity index (χ1n) is 5.63. The van der Waals surface area contributed by atoms with Gasteiger partial charge in [-0.3, -0.25) is 0 Å². The number of hydrogen-bond acceptors (Lipinski definition) is 5. The predicted molar refractivity (Wildman–Crippen MR) is 78.9 cm³/mol. The minimum absolute atomic E-state index is 0.236. The molecule has 0 saturated heterocycles. The number of nitrogens with two attached hydrogens (primary N) is 1. The van der Waals surface area contributed by atoms with Crippen LogP contribution in [0.25, 0.3) is 0 Å². The summed E-state index contributed by atoms with van der Waals surface area (Å²) in [5.74, 6) is 1.45. The summed E-state index contributed by atoms with van der Waals surface area (Å²) < 4.78 is 5.16. The van der Waals surface area contributed by atoms with E-state index in [1.165, 1.54) is 0 Å². The summed E-state index contributed by atoms with van der Waals surface area (Å²) in [5.41, 5.74) is 7.97. The summed E-state index contributed by atoms with van der Waals surface area (Å²) in [6.45, 7) is 1.99. The first-order chi connectivity index (χ1) is 9.10. The Labute approximate surface area is 116 Å². The standard InChI is InChI=1S/C13H14N4OS/c1-8-5-9(18-2)3-4-10(8)17-12-7-15-11(6-16-12)13(14)19/h3-7H,1-2H3,(H2,14,19)(H,16,17). The molecule has 0 bridgehead atoms. The van der Waals surface area contributed by atoms with Crippen LogP contribution in [0.1, 0.15) is 11.3 Å². The Morgan fingerprint density at radius 3 is 2.63 bits per heavy atom. The van der Waals surface area contributed by atoms with E-state index in [0.29, 0.717) is 11.5 Å². The van der Waals surface area contributed by atoms with Gasteiger partial charge >= 0.3 is 0 Å². The zero-order valence-electron chi connectivity index (χ0n) is 10.7. The molecule has 1 aromatic carbocycles. The van der Waals surface area contributed by atoms with Crippen molar-refractivity contribution in [3.05, 3.63) is 41.9 Å². The van der Waals surface area contributed by atoms with Crippen LogP contribution in [0.3, 0.4) is 0 Å². The molecule has 0 aliphatic heterocycles. The van der Waals surface area contributed by atoms with Crippen molar-refractivity contribution < 1.29 is 4.74 Å². The Morgan fingerprint density at radius 2 is 2.11 bits per heavy atom. The molecule has 2 aromatic rings. The Morgan fingerprint density at radius 1 is 1.32 bits per heavy atom. The minimum atomic E-state index is 0.236. The lowest BCUT2D eigenvalue weighted by Crippen LogP contribution is -2.12. The molecule has 98 valence electrons. The van der Waals surface area contributed by atoms with Crippen molar-refractivity contribution >= 4 is 28.7 Å². The number of aromatic nitrogens is 2. The molecule has 0 unspecified atom stereocenters. The number of rotatable bonds is 4. The molecule has 0 saturated carbocycles. The Hall–Kier alpha value is -2.21. The van der Waals surface area contributed by atoms with Gasteiger partial charge in [0, 0.05) is 5.69 Å². The van der Waals surface area contributed by atoms with Gasteiger partial charge in [-0.1, -0.05) is 12.2 Å². The van der Waals surface area contributed by atoms with Gasteiger partial charge in [0.1, 0.15) is 22.2 Å². The first kappa shape index (κ1) is 13.2. The number of nitrogens with zero attached hydrogens (tertiary/aromatic N) is 2. The van der Waals surface area contributed by atoms with E-state index in [1.807, 2.05) is 25.1 Å². The molecule has 5 nitrogen and oxygen atoms in total. The number of hydrogen-bond donors (Lipinski definition) is 2. The van der Waals surface area contributed by atoms with E-state index in [4.69, 9.17) is 22.7 Å². The Bertz CT molecular complexity index is 598. The summed E-state index contributed by atoms with van der Waals surface area (Å²) in [4.78, 5) is 8.56. The van der Waals surface area contributed by atoms with Crippen LogP contribution in [-0.4, -0.2) is 22.1 Å². The van der Waals surface area contributed by atoms with Crippen LogP contribution < -0.4 is 15.8 Å². The lowest BCUT2D eigenvalue weighted by Gasteiger charge is -2.10. The lowest BCUT2D eigenvalue weighted by atomic mass is 10.2. The zero-order chi connectivity index (χ0) is 13.8. The second-order valence-corrected chi connectivity index (χ2v) is 4.40. The fourth-order valence-corrected chi connectivity index (χ4v) is 1.67. The van der Waals surface area contributed by atoms with E-state index in [0.717, 1.165) is 17.0 Å². The lowest BCUT2D eigenvalue weighted by molar-refractivity contribution is 0.414. The molecule has 6 heteroatoms. The number of aryl methyl sites for hydroxylation is 1. The summed E-state index contributed by atoms with van der Waals surface area (Å²) in [5, 5.41) is 3.18. The van der Waals surface area contributed by atoms with Crippen molar-refractivity contribution in [2.75, 3.05) is 12.4 Å². The average Bonchev–Trinajstić information content (AvgIpc) is 2.41. The van der Waals surface area contributed by atoms with Gasteiger partial charge in [0.2, 0.25) is 0 Å². The fourth-order valence-electron chi connectivity index (χ4n) is 1.56. The fraction of sp³-hybridized carbons (Fsp3) is 0.154. The largest absolute Gasteiger partial charge is 0.497 e. The third-order valence-corrected chi connectivity index (χ3v) is 2.81. The summed E-state index contributed by atoms with van der Waals surface area (Å²) >= 11 is 4.82. The maximum absolute atomic E-state index is 5.47. The molecule has 0 fully saturated rings. The van der Waals surface area contributed by atoms with Crippen molar-refractivity contribution in [3.8, 4) is 5.75 Å². The van der Waals surface area contributed by atoms with Crippen molar-refractivity contribution in [2.45, 2.75) is 6.92 Å². The Kier molecular flexibility index (Phi) is 3.91. The number of nitrogens with one attached hydrogen (secondary N) is 1. The zero-order valence-corrected chi connectivity index (χ0v) is 11.5. The van der Waals surface area contributed by atoms with Crippen LogP contribution in [0, 0.1) is 6.92 Å². The van der Waals surface area contributed by atoms with Crippen LogP contribution in [0.15, 0.2) is 30.6 Å². The minimum Gasteiger partial charge on any atom is -0.497 e. The highest BCUT2D eigenvalue weighted by Crippen LogP contribution is 2.23. The van der Waals surface area contributed by atoms with Gasteiger partial charge in [0.25, 0.3) is 0 Å². The van der Waals surface area contributed by atoms with E-state index >= 15 is 0 Å². The van der Waals surface area contributed by atoms with Crippen LogP contribution >= 0.6 is 12.2 Å². The topological polar surface area (TPSA) is 73.1 Å². The van der Waals surface area contributed by atoms with Gasteiger partial charge < -0.3 is 15.8 Å². The normalized spacial score (nSPS) is 10.0. The molecule has 0 atom stereocenters. The maximum Gasteiger partial charge on any atom is 0.148 e. The maximum atomic E-state index is 5.47. The highest BCUT2D eigenvalue weighted by Gasteiger charge is 2.03. The number of benzene rings is 1. The number of methoxy groups -OCH3 is 1. The molecule has 0 amide bonds. The van der Waals surface area contributed by atoms with E-state index in [-0.39, 0.29) is 4.99 Å². The van der Waals surface area contributed by atoms with Gasteiger partial charge in [-0.15, -0.1) is 0 Å². The van der Waals surface area contributed by atoms with Crippen molar-refractivity contribution in [1.29, 1.82) is 0 Å². The van der Waals surface area contributed by atoms with Crippen molar-refractivity contribution in [3.63, 3.8) is 0 Å². The smallest absolute Gasteiger partial charge is 0.148 e. The Balaban J connectivity index is 2.19. The van der Waals surface area contributed by atoms with E-state index in [1.54, 1.807) is 19.5 Å². The molecule has 2 rings (SSSR count). The van der Waals surface area contributed by atoms with Gasteiger partial charge in [-0.05, 0) is 30.7 Å². The SMILES string of the molecule is COc1ccc(Nc2cnc(C(N)=S)cn2)c(C)c1. The van der Waals surface area contributed by atoms with E-state index < -0.39 is 0 Å². The highest BCUT2D eigenvalue weighted by atomic mass is 32.1. The van der Waals surface area contributed by atoms with Crippen LogP contribution in [-0.2, 0) is 0 Å². The van der Waals surface area contributed by atoms with Crippen LogP contribution in [0.5, 0.6) is 5.75 Å². The van der Waals surface area contributed by atoms with Gasteiger partial charge in [0.15, 0.2) is 0 Å². The van der Waals surface area contributed by atoms with Gasteiger partial charge in [-0.25, -0.2) is 9.97 Å². The van der Waals surface area contributed by atoms with E-state index in [2.05, 4.69) is 15.3 Å². The summed E-state index contributed by atoms with van der Waals surface area (Å²) in [6.07, 6.45) is 3.14. The number of anilines is 2. The third kappa shape index (κ3) is 3.17. The predicted octanol–water partition coefficient (Wildman–Crippen LogP) is 2.17. The molecule has 0 aliphatic rings. The molecule has 0 aliphatic carbocycles. The molecule has 19 heavy (non-hydrogen) atoms. The molecular formula is C13H14N4OS. The average molecular weight is 274 g/mol. The first-order valence-corrected chi connectivity index (χ1v) is 6.04. The number of thiocarbonyl (C=S) groups is 1. The van der Waals surface area contributed by atoms with Gasteiger partial charge in [0.05, 0.1) is 19.5 Å². The summed E-state index contributed by atoms with van der Waals surface area (Å²) in [7, 11) is 1.64. The van der Waals surface area contributed by atoms with E-state index in [9.17, 15) is 0 Å². The molecule has 0 radical (unpaired) electrons. The third-order valence-electron chi connectivity index (χ3n) is 2.60. The van der Waals surface area contributed by atoms with Crippen LogP contribution in [0.2, 0.25) is 0 Å². The summed E-state index contributed by atoms with van der Waals surface area (Å²) in [6, 6.07) is 5.75. The highest BCUT2D eigenvalue weighted by molar-refractivity contribution is 7.80. The number of ether oxygens (including phenoxy) is 1.